The highest BCUT2D eigenvalue weighted by Gasteiger charge is 2.45. The number of amides is 1. The van der Waals surface area contributed by atoms with E-state index in [0.717, 1.165) is 11.3 Å². The molecule has 0 N–H and O–H groups in total. The molecule has 0 fully saturated rings. The largest absolute Gasteiger partial charge is 0.450 e. The van der Waals surface area contributed by atoms with E-state index in [1.165, 1.54) is 16.2 Å². The fraction of sp³-hybridized carbons (Fsp3) is 0.136. The highest BCUT2D eigenvalue weighted by Crippen LogP contribution is 2.43. The number of aromatic nitrogens is 1. The molecule has 5 rings (SSSR count). The third kappa shape index (κ3) is 2.87. The summed E-state index contributed by atoms with van der Waals surface area (Å²) in [4.78, 5) is 32.9. The highest BCUT2D eigenvalue weighted by molar-refractivity contribution is 7.14. The number of carbonyl (C=O) groups excluding carboxylic acids is 1. The van der Waals surface area contributed by atoms with Crippen molar-refractivity contribution in [3.8, 4) is 0 Å². The summed E-state index contributed by atoms with van der Waals surface area (Å²) in [5, 5.41) is 3.50. The van der Waals surface area contributed by atoms with Gasteiger partial charge in [-0.2, -0.15) is 0 Å². The molecule has 0 saturated carbocycles. The van der Waals surface area contributed by atoms with Gasteiger partial charge >= 0.3 is 0 Å². The number of benzene rings is 2. The molecule has 5 nitrogen and oxygen atoms in total. The number of aryl methyl sites for hydroxylation is 2. The van der Waals surface area contributed by atoms with Crippen LogP contribution in [-0.4, -0.2) is 10.9 Å². The summed E-state index contributed by atoms with van der Waals surface area (Å²) in [5.41, 5.74) is 2.79. The van der Waals surface area contributed by atoms with Gasteiger partial charge in [0, 0.05) is 5.38 Å². The zero-order valence-corrected chi connectivity index (χ0v) is 18.2. The summed E-state index contributed by atoms with van der Waals surface area (Å²) in [7, 11) is 0. The minimum Gasteiger partial charge on any atom is -0.450 e. The van der Waals surface area contributed by atoms with Crippen molar-refractivity contribution < 1.29 is 9.21 Å². The maximum Gasteiger partial charge on any atom is 0.297 e. The topological polar surface area (TPSA) is 63.4 Å². The van der Waals surface area contributed by atoms with Crippen LogP contribution in [0.1, 0.15) is 39.0 Å². The Morgan fingerprint density at radius 2 is 1.87 bits per heavy atom. The normalized spacial score (nSPS) is 15.8. The first-order chi connectivity index (χ1) is 14.3. The monoisotopic (exact) mass is 456 g/mol. The zero-order valence-electron chi connectivity index (χ0n) is 15.9. The first-order valence-corrected chi connectivity index (χ1v) is 10.8. The number of nitrogens with zero attached hydrogens (tertiary/aromatic N) is 2. The predicted molar refractivity (Wildman–Crippen MR) is 119 cm³/mol. The lowest BCUT2D eigenvalue weighted by molar-refractivity contribution is 0.0971. The average molecular weight is 457 g/mol. The van der Waals surface area contributed by atoms with Crippen LogP contribution in [0.2, 0.25) is 10.0 Å². The van der Waals surface area contributed by atoms with E-state index in [4.69, 9.17) is 27.6 Å². The van der Waals surface area contributed by atoms with Gasteiger partial charge in [-0.25, -0.2) is 4.98 Å². The Kier molecular flexibility index (Phi) is 4.47. The third-order valence-corrected chi connectivity index (χ3v) is 6.79. The standard InChI is InChI=1S/C22H14Cl2N2O3S/c1-10-3-6-16-13(7-10)19(27)17-18(12-4-5-14(23)15(24)8-12)26(21(28)20(17)29-16)22-25-11(2)9-30-22/h3-9,18H,1-2H3. The molecule has 0 saturated heterocycles. The van der Waals surface area contributed by atoms with Crippen LogP contribution in [0.4, 0.5) is 5.13 Å². The number of anilines is 1. The van der Waals surface area contributed by atoms with Crippen LogP contribution in [0.15, 0.2) is 51.0 Å². The van der Waals surface area contributed by atoms with Gasteiger partial charge in [-0.15, -0.1) is 11.3 Å². The average Bonchev–Trinajstić information content (AvgIpc) is 3.26. The first kappa shape index (κ1) is 19.3. The van der Waals surface area contributed by atoms with Crippen molar-refractivity contribution in [1.82, 2.24) is 4.98 Å². The Morgan fingerprint density at radius 1 is 1.07 bits per heavy atom. The van der Waals surface area contributed by atoms with Crippen molar-refractivity contribution in [1.29, 1.82) is 0 Å². The van der Waals surface area contributed by atoms with Crippen molar-refractivity contribution in [2.24, 2.45) is 0 Å². The quantitative estimate of drug-likeness (QED) is 0.375. The number of rotatable bonds is 2. The van der Waals surface area contributed by atoms with Crippen molar-refractivity contribution in [2.75, 3.05) is 4.90 Å². The number of hydrogen-bond donors (Lipinski definition) is 0. The van der Waals surface area contributed by atoms with Gasteiger partial charge in [-0.3, -0.25) is 14.5 Å². The molecule has 4 aromatic rings. The first-order valence-electron chi connectivity index (χ1n) is 9.13. The van der Waals surface area contributed by atoms with E-state index in [2.05, 4.69) is 4.98 Å². The highest BCUT2D eigenvalue weighted by atomic mass is 35.5. The number of carbonyl (C=O) groups is 1. The van der Waals surface area contributed by atoms with Gasteiger partial charge in [0.05, 0.1) is 32.7 Å². The summed E-state index contributed by atoms with van der Waals surface area (Å²) in [5.74, 6) is -0.379. The number of hydrogen-bond acceptors (Lipinski definition) is 5. The molecule has 8 heteroatoms. The molecule has 0 spiro atoms. The van der Waals surface area contributed by atoms with Crippen molar-refractivity contribution >= 4 is 56.5 Å². The summed E-state index contributed by atoms with van der Waals surface area (Å²) >= 11 is 13.7. The molecule has 1 atom stereocenters. The number of halogens is 2. The smallest absolute Gasteiger partial charge is 0.297 e. The lowest BCUT2D eigenvalue weighted by Crippen LogP contribution is -2.29. The van der Waals surface area contributed by atoms with Crippen LogP contribution in [0.3, 0.4) is 0 Å². The lowest BCUT2D eigenvalue weighted by Gasteiger charge is -2.22. The van der Waals surface area contributed by atoms with Gasteiger partial charge in [-0.05, 0) is 43.7 Å². The Morgan fingerprint density at radius 3 is 2.57 bits per heavy atom. The number of fused-ring (bicyclic) bond motifs is 2. The minimum absolute atomic E-state index is 0.0280. The maximum atomic E-state index is 13.5. The zero-order chi connectivity index (χ0) is 21.2. The molecule has 3 heterocycles. The molecular weight excluding hydrogens is 443 g/mol. The maximum absolute atomic E-state index is 13.5. The van der Waals surface area contributed by atoms with E-state index in [9.17, 15) is 9.59 Å². The van der Waals surface area contributed by atoms with Gasteiger partial charge in [0.2, 0.25) is 5.76 Å². The summed E-state index contributed by atoms with van der Waals surface area (Å²) in [6, 6.07) is 9.70. The second kappa shape index (κ2) is 6.94. The Bertz CT molecular complexity index is 1410. The van der Waals surface area contributed by atoms with E-state index in [1.54, 1.807) is 30.3 Å². The van der Waals surface area contributed by atoms with Crippen LogP contribution in [0.5, 0.6) is 0 Å². The second-order valence-electron chi connectivity index (χ2n) is 7.20. The summed E-state index contributed by atoms with van der Waals surface area (Å²) in [6.45, 7) is 3.75. The fourth-order valence-corrected chi connectivity index (χ4v) is 4.87. The number of thiazole rings is 1. The van der Waals surface area contributed by atoms with E-state index in [1.807, 2.05) is 25.3 Å². The fourth-order valence-electron chi connectivity index (χ4n) is 3.73. The molecular formula is C22H14Cl2N2O3S. The summed E-state index contributed by atoms with van der Waals surface area (Å²) in [6.07, 6.45) is 0. The molecule has 1 aliphatic rings. The third-order valence-electron chi connectivity index (χ3n) is 5.10. The Hall–Kier alpha value is -2.67. The van der Waals surface area contributed by atoms with Gasteiger partial charge in [0.25, 0.3) is 5.91 Å². The Labute approximate surface area is 185 Å². The van der Waals surface area contributed by atoms with Gasteiger partial charge in [0.1, 0.15) is 5.58 Å². The van der Waals surface area contributed by atoms with E-state index in [0.29, 0.717) is 31.7 Å². The molecule has 1 unspecified atom stereocenters. The van der Waals surface area contributed by atoms with Crippen molar-refractivity contribution in [2.45, 2.75) is 19.9 Å². The molecule has 0 bridgehead atoms. The van der Waals surface area contributed by atoms with Crippen LogP contribution < -0.4 is 10.3 Å². The molecule has 1 amide bonds. The molecule has 1 aliphatic heterocycles. The lowest BCUT2D eigenvalue weighted by atomic mass is 9.98. The molecule has 30 heavy (non-hydrogen) atoms. The predicted octanol–water partition coefficient (Wildman–Crippen LogP) is 5.92. The second-order valence-corrected chi connectivity index (χ2v) is 8.85. The molecule has 0 aliphatic carbocycles. The van der Waals surface area contributed by atoms with Crippen molar-refractivity contribution in [3.63, 3.8) is 0 Å². The van der Waals surface area contributed by atoms with Gasteiger partial charge in [-0.1, -0.05) is 40.9 Å². The van der Waals surface area contributed by atoms with Gasteiger partial charge in [0.15, 0.2) is 10.6 Å². The SMILES string of the molecule is Cc1ccc2oc3c(c(=O)c2c1)C(c1ccc(Cl)c(Cl)c1)N(c1nc(C)cs1)C3=O. The van der Waals surface area contributed by atoms with Gasteiger partial charge < -0.3 is 4.42 Å². The molecule has 2 aromatic carbocycles. The Balaban J connectivity index is 1.84. The molecule has 150 valence electrons. The van der Waals surface area contributed by atoms with Crippen LogP contribution in [-0.2, 0) is 0 Å². The summed E-state index contributed by atoms with van der Waals surface area (Å²) < 4.78 is 5.94. The minimum atomic E-state index is -0.714. The van der Waals surface area contributed by atoms with E-state index < -0.39 is 11.9 Å². The van der Waals surface area contributed by atoms with Crippen LogP contribution >= 0.6 is 34.5 Å². The van der Waals surface area contributed by atoms with Crippen molar-refractivity contribution in [3.05, 3.63) is 90.2 Å². The van der Waals surface area contributed by atoms with E-state index >= 15 is 0 Å². The van der Waals surface area contributed by atoms with Crippen LogP contribution in [0.25, 0.3) is 11.0 Å². The molecule has 2 aromatic heterocycles. The van der Waals surface area contributed by atoms with Crippen LogP contribution in [0, 0.1) is 13.8 Å². The molecule has 0 radical (unpaired) electrons. The van der Waals surface area contributed by atoms with E-state index in [-0.39, 0.29) is 16.8 Å².